The van der Waals surface area contributed by atoms with E-state index in [1.807, 2.05) is 6.07 Å². The topological polar surface area (TPSA) is 65.0 Å². The molecule has 2 rings (SSSR count). The molecule has 1 aliphatic carbocycles. The predicted molar refractivity (Wildman–Crippen MR) is 95.8 cm³/mol. The van der Waals surface area contributed by atoms with Gasteiger partial charge >= 0.3 is 5.97 Å². The maximum atomic E-state index is 11.6. The number of rotatable bonds is 8. The molecular formula is C20H28O5. The highest BCUT2D eigenvalue weighted by Crippen LogP contribution is 2.42. The van der Waals surface area contributed by atoms with Crippen molar-refractivity contribution in [2.24, 2.45) is 0 Å². The lowest BCUT2D eigenvalue weighted by Gasteiger charge is -2.38. The largest absolute Gasteiger partial charge is 0.493 e. The van der Waals surface area contributed by atoms with E-state index < -0.39 is 17.7 Å². The molecule has 0 saturated heterocycles. The summed E-state index contributed by atoms with van der Waals surface area (Å²) in [5.41, 5.74) is -0.326. The first-order chi connectivity index (χ1) is 12.0. The number of benzene rings is 1. The van der Waals surface area contributed by atoms with Crippen LogP contribution in [-0.2, 0) is 9.53 Å². The Balaban J connectivity index is 2.29. The molecule has 0 aliphatic heterocycles. The summed E-state index contributed by atoms with van der Waals surface area (Å²) in [6, 6.07) is 5.40. The van der Waals surface area contributed by atoms with Gasteiger partial charge in [0.1, 0.15) is 5.60 Å². The molecule has 1 aliphatic rings. The number of hydrogen-bond donors (Lipinski definition) is 1. The molecule has 1 unspecified atom stereocenters. The molecule has 0 bridgehead atoms. The monoisotopic (exact) mass is 348 g/mol. The van der Waals surface area contributed by atoms with Crippen LogP contribution in [0.4, 0.5) is 0 Å². The first-order valence-electron chi connectivity index (χ1n) is 8.81. The van der Waals surface area contributed by atoms with Crippen molar-refractivity contribution in [1.29, 1.82) is 0 Å². The summed E-state index contributed by atoms with van der Waals surface area (Å²) in [5.74, 6) is 0.762. The van der Waals surface area contributed by atoms with Gasteiger partial charge in [0.15, 0.2) is 17.6 Å². The SMILES string of the molecule is C=CCCOc1ccc(C(OC(C)=O)C2(O)CCCCC2)cc1OC. The lowest BCUT2D eigenvalue weighted by molar-refractivity contribution is -0.168. The van der Waals surface area contributed by atoms with Crippen LogP contribution in [0.2, 0.25) is 0 Å². The summed E-state index contributed by atoms with van der Waals surface area (Å²) in [5, 5.41) is 11.1. The molecule has 0 aromatic heterocycles. The summed E-state index contributed by atoms with van der Waals surface area (Å²) in [4.78, 5) is 11.6. The Morgan fingerprint density at radius 3 is 2.64 bits per heavy atom. The molecule has 1 saturated carbocycles. The van der Waals surface area contributed by atoms with Crippen molar-refractivity contribution >= 4 is 5.97 Å². The Labute approximate surface area is 149 Å². The molecule has 138 valence electrons. The fraction of sp³-hybridized carbons (Fsp3) is 0.550. The van der Waals surface area contributed by atoms with Gasteiger partial charge in [0, 0.05) is 6.92 Å². The number of methoxy groups -OCH3 is 1. The molecule has 1 aromatic rings. The third-order valence-electron chi connectivity index (χ3n) is 4.56. The number of esters is 1. The van der Waals surface area contributed by atoms with Crippen molar-refractivity contribution in [3.63, 3.8) is 0 Å². The van der Waals surface area contributed by atoms with Gasteiger partial charge in [-0.2, -0.15) is 0 Å². The minimum atomic E-state index is -1.04. The average molecular weight is 348 g/mol. The van der Waals surface area contributed by atoms with Gasteiger partial charge in [-0.15, -0.1) is 6.58 Å². The van der Waals surface area contributed by atoms with E-state index in [1.165, 1.54) is 6.92 Å². The predicted octanol–water partition coefficient (Wildman–Crippen LogP) is 3.95. The highest BCUT2D eigenvalue weighted by molar-refractivity contribution is 5.66. The molecule has 1 aromatic carbocycles. The Morgan fingerprint density at radius 2 is 2.04 bits per heavy atom. The zero-order chi connectivity index (χ0) is 18.3. The van der Waals surface area contributed by atoms with E-state index in [-0.39, 0.29) is 0 Å². The number of carbonyl (C=O) groups is 1. The van der Waals surface area contributed by atoms with Gasteiger partial charge in [-0.3, -0.25) is 4.79 Å². The van der Waals surface area contributed by atoms with Crippen LogP contribution >= 0.6 is 0 Å². The van der Waals surface area contributed by atoms with Crippen molar-refractivity contribution in [3.8, 4) is 11.5 Å². The van der Waals surface area contributed by atoms with E-state index in [1.54, 1.807) is 25.3 Å². The first kappa shape index (κ1) is 19.3. The van der Waals surface area contributed by atoms with Crippen LogP contribution in [-0.4, -0.2) is 30.4 Å². The molecule has 1 atom stereocenters. The fourth-order valence-corrected chi connectivity index (χ4v) is 3.30. The second kappa shape index (κ2) is 8.90. The summed E-state index contributed by atoms with van der Waals surface area (Å²) in [7, 11) is 1.57. The van der Waals surface area contributed by atoms with Crippen LogP contribution in [0.1, 0.15) is 57.1 Å². The Bertz CT molecular complexity index is 590. The van der Waals surface area contributed by atoms with Crippen molar-refractivity contribution in [1.82, 2.24) is 0 Å². The normalized spacial score (nSPS) is 17.4. The van der Waals surface area contributed by atoms with Gasteiger partial charge in [0.05, 0.1) is 13.7 Å². The van der Waals surface area contributed by atoms with Crippen LogP contribution in [0, 0.1) is 0 Å². The third-order valence-corrected chi connectivity index (χ3v) is 4.56. The van der Waals surface area contributed by atoms with Crippen LogP contribution in [0.15, 0.2) is 30.9 Å². The molecule has 0 radical (unpaired) electrons. The van der Waals surface area contributed by atoms with Crippen molar-refractivity contribution < 1.29 is 24.1 Å². The Hall–Kier alpha value is -2.01. The van der Waals surface area contributed by atoms with E-state index in [4.69, 9.17) is 14.2 Å². The summed E-state index contributed by atoms with van der Waals surface area (Å²) in [6.45, 7) is 5.55. The lowest BCUT2D eigenvalue weighted by atomic mass is 9.78. The smallest absolute Gasteiger partial charge is 0.303 e. The standard InChI is InChI=1S/C20H28O5/c1-4-5-13-24-17-10-9-16(14-18(17)23-3)19(25-15(2)21)20(22)11-7-6-8-12-20/h4,9-10,14,19,22H,1,5-8,11-13H2,2-3H3. The van der Waals surface area contributed by atoms with Gasteiger partial charge in [-0.1, -0.05) is 31.4 Å². The van der Waals surface area contributed by atoms with Crippen LogP contribution < -0.4 is 9.47 Å². The molecule has 5 nitrogen and oxygen atoms in total. The molecule has 25 heavy (non-hydrogen) atoms. The van der Waals surface area contributed by atoms with Crippen molar-refractivity contribution in [2.75, 3.05) is 13.7 Å². The summed E-state index contributed by atoms with van der Waals surface area (Å²) in [6.07, 6.45) is 5.99. The highest BCUT2D eigenvalue weighted by atomic mass is 16.6. The molecule has 5 heteroatoms. The van der Waals surface area contributed by atoms with E-state index in [2.05, 4.69) is 6.58 Å². The minimum Gasteiger partial charge on any atom is -0.493 e. The number of aliphatic hydroxyl groups is 1. The van der Waals surface area contributed by atoms with Gasteiger partial charge in [-0.25, -0.2) is 0 Å². The number of hydrogen-bond acceptors (Lipinski definition) is 5. The minimum absolute atomic E-state index is 0.408. The molecule has 0 heterocycles. The average Bonchev–Trinajstić information content (AvgIpc) is 2.60. The van der Waals surface area contributed by atoms with E-state index in [0.717, 1.165) is 25.7 Å². The van der Waals surface area contributed by atoms with Gasteiger partial charge < -0.3 is 19.3 Å². The van der Waals surface area contributed by atoms with E-state index in [0.29, 0.717) is 36.5 Å². The van der Waals surface area contributed by atoms with Crippen LogP contribution in [0.3, 0.4) is 0 Å². The Morgan fingerprint density at radius 1 is 1.32 bits per heavy atom. The van der Waals surface area contributed by atoms with E-state index in [9.17, 15) is 9.90 Å². The fourth-order valence-electron chi connectivity index (χ4n) is 3.30. The molecule has 1 fully saturated rings. The molecule has 0 spiro atoms. The zero-order valence-electron chi connectivity index (χ0n) is 15.1. The van der Waals surface area contributed by atoms with Gasteiger partial charge in [0.25, 0.3) is 0 Å². The second-order valence-corrected chi connectivity index (χ2v) is 6.49. The number of ether oxygens (including phenoxy) is 3. The first-order valence-corrected chi connectivity index (χ1v) is 8.81. The third kappa shape index (κ3) is 4.98. The van der Waals surface area contributed by atoms with Gasteiger partial charge in [0.2, 0.25) is 0 Å². The van der Waals surface area contributed by atoms with Crippen molar-refractivity contribution in [3.05, 3.63) is 36.4 Å². The number of carbonyl (C=O) groups excluding carboxylic acids is 1. The molecular weight excluding hydrogens is 320 g/mol. The summed E-state index contributed by atoms with van der Waals surface area (Å²) < 4.78 is 16.6. The molecule has 0 amide bonds. The van der Waals surface area contributed by atoms with E-state index >= 15 is 0 Å². The maximum absolute atomic E-state index is 11.6. The quantitative estimate of drug-likeness (QED) is 0.438. The molecule has 1 N–H and O–H groups in total. The Kier molecular flexibility index (Phi) is 6.88. The zero-order valence-corrected chi connectivity index (χ0v) is 15.1. The second-order valence-electron chi connectivity index (χ2n) is 6.49. The van der Waals surface area contributed by atoms with Crippen molar-refractivity contribution in [2.45, 2.75) is 57.2 Å². The van der Waals surface area contributed by atoms with Crippen LogP contribution in [0.25, 0.3) is 0 Å². The lowest BCUT2D eigenvalue weighted by Crippen LogP contribution is -2.40. The maximum Gasteiger partial charge on any atom is 0.303 e. The highest BCUT2D eigenvalue weighted by Gasteiger charge is 2.41. The summed E-state index contributed by atoms with van der Waals surface area (Å²) >= 11 is 0. The van der Waals surface area contributed by atoms with Gasteiger partial charge in [-0.05, 0) is 37.0 Å². The van der Waals surface area contributed by atoms with Crippen LogP contribution in [0.5, 0.6) is 11.5 Å².